The molecule has 0 spiro atoms. The predicted octanol–water partition coefficient (Wildman–Crippen LogP) is 2.84. The van der Waals surface area contributed by atoms with Crippen LogP contribution in [0.5, 0.6) is 0 Å². The van der Waals surface area contributed by atoms with Crippen LogP contribution < -0.4 is 11.0 Å². The first-order chi connectivity index (χ1) is 12.0. The summed E-state index contributed by atoms with van der Waals surface area (Å²) in [5, 5.41) is 4.18. The van der Waals surface area contributed by atoms with E-state index < -0.39 is 0 Å². The number of aromatic amines is 2. The highest BCUT2D eigenvalue weighted by Crippen LogP contribution is 2.21. The van der Waals surface area contributed by atoms with Gasteiger partial charge in [0.05, 0.1) is 17.1 Å². The second kappa shape index (κ2) is 5.66. The number of H-pyrrole nitrogens is 2. The van der Waals surface area contributed by atoms with Gasteiger partial charge in [0.2, 0.25) is 0 Å². The number of aryl methyl sites for hydroxylation is 1. The van der Waals surface area contributed by atoms with Crippen molar-refractivity contribution >= 4 is 27.8 Å². The molecule has 6 nitrogen and oxygen atoms in total. The van der Waals surface area contributed by atoms with Gasteiger partial charge in [-0.05, 0) is 48.2 Å². The highest BCUT2D eigenvalue weighted by molar-refractivity contribution is 5.97. The highest BCUT2D eigenvalue weighted by Gasteiger charge is 2.13. The third-order valence-electron chi connectivity index (χ3n) is 4.54. The van der Waals surface area contributed by atoms with Crippen molar-refractivity contribution in [2.24, 2.45) is 7.05 Å². The first-order valence-electron chi connectivity index (χ1n) is 8.09. The number of hydrogen-bond acceptors (Lipinski definition) is 2. The van der Waals surface area contributed by atoms with Crippen molar-refractivity contribution in [1.29, 1.82) is 0 Å². The Kier molecular flexibility index (Phi) is 3.46. The van der Waals surface area contributed by atoms with Crippen LogP contribution in [0.25, 0.3) is 21.9 Å². The van der Waals surface area contributed by atoms with Crippen LogP contribution in [0.1, 0.15) is 28.9 Å². The van der Waals surface area contributed by atoms with Gasteiger partial charge in [-0.3, -0.25) is 4.79 Å². The van der Waals surface area contributed by atoms with E-state index in [-0.39, 0.29) is 17.6 Å². The van der Waals surface area contributed by atoms with Crippen molar-refractivity contribution in [3.63, 3.8) is 0 Å². The summed E-state index contributed by atoms with van der Waals surface area (Å²) in [4.78, 5) is 29.2. The van der Waals surface area contributed by atoms with Crippen LogP contribution in [-0.4, -0.2) is 20.4 Å². The molecule has 4 aromatic rings. The van der Waals surface area contributed by atoms with E-state index in [1.807, 2.05) is 26.2 Å². The van der Waals surface area contributed by atoms with E-state index in [9.17, 15) is 9.59 Å². The maximum Gasteiger partial charge on any atom is 0.323 e. The minimum absolute atomic E-state index is 0.132. The Balaban J connectivity index is 1.59. The second-order valence-corrected chi connectivity index (χ2v) is 6.28. The van der Waals surface area contributed by atoms with Gasteiger partial charge in [-0.25, -0.2) is 4.79 Å². The van der Waals surface area contributed by atoms with E-state index in [2.05, 4.69) is 38.1 Å². The smallest absolute Gasteiger partial charge is 0.323 e. The van der Waals surface area contributed by atoms with Gasteiger partial charge < -0.3 is 19.9 Å². The Morgan fingerprint density at radius 3 is 2.72 bits per heavy atom. The molecule has 0 radical (unpaired) electrons. The Labute approximate surface area is 143 Å². The topological polar surface area (TPSA) is 82.7 Å². The predicted molar refractivity (Wildman–Crippen MR) is 97.7 cm³/mol. The fourth-order valence-corrected chi connectivity index (χ4v) is 3.09. The summed E-state index contributed by atoms with van der Waals surface area (Å²) in [6.45, 7) is 1.96. The van der Waals surface area contributed by atoms with Crippen molar-refractivity contribution in [3.05, 3.63) is 70.3 Å². The summed E-state index contributed by atoms with van der Waals surface area (Å²) in [5.74, 6) is -0.177. The van der Waals surface area contributed by atoms with E-state index in [0.29, 0.717) is 16.6 Å². The van der Waals surface area contributed by atoms with E-state index in [4.69, 9.17) is 0 Å². The summed E-state index contributed by atoms with van der Waals surface area (Å²) >= 11 is 0. The van der Waals surface area contributed by atoms with Crippen LogP contribution in [0.3, 0.4) is 0 Å². The number of amides is 1. The summed E-state index contributed by atoms with van der Waals surface area (Å²) in [6, 6.07) is 13.2. The van der Waals surface area contributed by atoms with Gasteiger partial charge in [-0.1, -0.05) is 12.1 Å². The average Bonchev–Trinajstić information content (AvgIpc) is 3.15. The van der Waals surface area contributed by atoms with E-state index >= 15 is 0 Å². The Morgan fingerprint density at radius 2 is 1.88 bits per heavy atom. The molecular formula is C19H18N4O2. The lowest BCUT2D eigenvalue weighted by Crippen LogP contribution is -2.26. The zero-order chi connectivity index (χ0) is 17.6. The van der Waals surface area contributed by atoms with Gasteiger partial charge in [0.25, 0.3) is 5.91 Å². The molecule has 2 aromatic carbocycles. The summed E-state index contributed by atoms with van der Waals surface area (Å²) in [5.41, 5.74) is 3.70. The monoisotopic (exact) mass is 334 g/mol. The van der Waals surface area contributed by atoms with Gasteiger partial charge in [0.15, 0.2) is 0 Å². The van der Waals surface area contributed by atoms with Gasteiger partial charge in [-0.15, -0.1) is 0 Å². The summed E-state index contributed by atoms with van der Waals surface area (Å²) < 4.78 is 2.06. The molecule has 6 heteroatoms. The first-order valence-corrected chi connectivity index (χ1v) is 8.09. The molecule has 0 aliphatic carbocycles. The normalized spacial score (nSPS) is 12.6. The number of nitrogens with one attached hydrogen (secondary N) is 3. The van der Waals surface area contributed by atoms with Crippen LogP contribution in [0.15, 0.2) is 53.5 Å². The lowest BCUT2D eigenvalue weighted by atomic mass is 10.1. The number of imidazole rings is 1. The van der Waals surface area contributed by atoms with E-state index in [1.54, 1.807) is 18.2 Å². The molecular weight excluding hydrogens is 316 g/mol. The standard InChI is InChI=1S/C19H18N4O2/c1-11(13-4-3-12-7-8-23(2)17(12)10-13)20-18(24)14-5-6-15-16(9-14)22-19(25)21-15/h3-11H,1-2H3,(H,20,24)(H2,21,22,25)/t11-/m1/s1. The van der Waals surface area contributed by atoms with Crippen LogP contribution in [0.4, 0.5) is 0 Å². The largest absolute Gasteiger partial charge is 0.351 e. The van der Waals surface area contributed by atoms with Gasteiger partial charge in [0.1, 0.15) is 0 Å². The molecule has 1 atom stereocenters. The summed E-state index contributed by atoms with van der Waals surface area (Å²) in [6.07, 6.45) is 2.02. The zero-order valence-corrected chi connectivity index (χ0v) is 14.0. The zero-order valence-electron chi connectivity index (χ0n) is 14.0. The van der Waals surface area contributed by atoms with Crippen molar-refractivity contribution in [3.8, 4) is 0 Å². The van der Waals surface area contributed by atoms with Crippen LogP contribution >= 0.6 is 0 Å². The molecule has 2 heterocycles. The molecule has 3 N–H and O–H groups in total. The van der Waals surface area contributed by atoms with Crippen LogP contribution in [0.2, 0.25) is 0 Å². The maximum absolute atomic E-state index is 12.5. The van der Waals surface area contributed by atoms with Crippen molar-refractivity contribution in [1.82, 2.24) is 19.9 Å². The number of hydrogen-bond donors (Lipinski definition) is 3. The molecule has 0 aliphatic heterocycles. The lowest BCUT2D eigenvalue weighted by Gasteiger charge is -2.15. The summed E-state index contributed by atoms with van der Waals surface area (Å²) in [7, 11) is 2.00. The molecule has 126 valence electrons. The van der Waals surface area contributed by atoms with E-state index in [1.165, 1.54) is 5.39 Å². The van der Waals surface area contributed by atoms with Crippen LogP contribution in [-0.2, 0) is 7.05 Å². The molecule has 0 saturated heterocycles. The SMILES string of the molecule is C[C@@H](NC(=O)c1ccc2[nH]c(=O)[nH]c2c1)c1ccc2ccn(C)c2c1. The number of aromatic nitrogens is 3. The number of fused-ring (bicyclic) bond motifs is 2. The molecule has 0 aliphatic rings. The minimum atomic E-state index is -0.281. The molecule has 0 saturated carbocycles. The highest BCUT2D eigenvalue weighted by atomic mass is 16.2. The van der Waals surface area contributed by atoms with E-state index in [0.717, 1.165) is 11.1 Å². The molecule has 25 heavy (non-hydrogen) atoms. The minimum Gasteiger partial charge on any atom is -0.351 e. The third-order valence-corrected chi connectivity index (χ3v) is 4.54. The fourth-order valence-electron chi connectivity index (χ4n) is 3.09. The Hall–Kier alpha value is -3.28. The number of rotatable bonds is 3. The second-order valence-electron chi connectivity index (χ2n) is 6.28. The Bertz CT molecular complexity index is 1150. The Morgan fingerprint density at radius 1 is 1.08 bits per heavy atom. The quantitative estimate of drug-likeness (QED) is 0.538. The fraction of sp³-hybridized carbons (Fsp3) is 0.158. The number of carbonyl (C=O) groups is 1. The number of benzene rings is 2. The number of carbonyl (C=O) groups excluding carboxylic acids is 1. The first kappa shape index (κ1) is 15.3. The van der Waals surface area contributed by atoms with Crippen molar-refractivity contribution in [2.45, 2.75) is 13.0 Å². The molecule has 0 bridgehead atoms. The number of nitrogens with zero attached hydrogens (tertiary/aromatic N) is 1. The van der Waals surface area contributed by atoms with Gasteiger partial charge in [-0.2, -0.15) is 0 Å². The molecule has 1 amide bonds. The molecule has 0 unspecified atom stereocenters. The van der Waals surface area contributed by atoms with Gasteiger partial charge >= 0.3 is 5.69 Å². The lowest BCUT2D eigenvalue weighted by molar-refractivity contribution is 0.0940. The van der Waals surface area contributed by atoms with Crippen molar-refractivity contribution < 1.29 is 4.79 Å². The molecule has 4 rings (SSSR count). The third kappa shape index (κ3) is 2.71. The average molecular weight is 334 g/mol. The van der Waals surface area contributed by atoms with Crippen LogP contribution in [0, 0.1) is 0 Å². The molecule has 0 fully saturated rings. The van der Waals surface area contributed by atoms with Crippen molar-refractivity contribution in [2.75, 3.05) is 0 Å². The van der Waals surface area contributed by atoms with Gasteiger partial charge in [0, 0.05) is 24.3 Å². The maximum atomic E-state index is 12.5. The molecule has 2 aromatic heterocycles.